The summed E-state index contributed by atoms with van der Waals surface area (Å²) in [7, 11) is -2.19. The molecule has 0 aromatic heterocycles. The van der Waals surface area contributed by atoms with E-state index in [1.807, 2.05) is 24.3 Å². The van der Waals surface area contributed by atoms with Crippen molar-refractivity contribution >= 4 is 21.6 Å². The molecule has 0 unspecified atom stereocenters. The maximum atomic E-state index is 12.0. The zero-order chi connectivity index (χ0) is 16.9. The van der Waals surface area contributed by atoms with Crippen LogP contribution in [0, 0.1) is 0 Å². The highest BCUT2D eigenvalue weighted by Gasteiger charge is 2.09. The van der Waals surface area contributed by atoms with Crippen LogP contribution < -0.4 is 15.2 Å². The molecule has 6 nitrogen and oxygen atoms in total. The smallest absolute Gasteiger partial charge is 0.238 e. The summed E-state index contributed by atoms with van der Waals surface area (Å²) in [5.41, 5.74) is 1.41. The van der Waals surface area contributed by atoms with Crippen molar-refractivity contribution in [1.29, 1.82) is 0 Å². The van der Waals surface area contributed by atoms with Crippen LogP contribution in [-0.4, -0.2) is 21.4 Å². The Hall–Kier alpha value is -2.38. The van der Waals surface area contributed by atoms with Gasteiger partial charge < -0.3 is 10.1 Å². The predicted molar refractivity (Wildman–Crippen MR) is 87.8 cm³/mol. The third kappa shape index (κ3) is 5.08. The van der Waals surface area contributed by atoms with Gasteiger partial charge in [0.15, 0.2) is 0 Å². The summed E-state index contributed by atoms with van der Waals surface area (Å²) < 4.78 is 27.7. The van der Waals surface area contributed by atoms with Crippen molar-refractivity contribution in [3.05, 3.63) is 54.1 Å². The van der Waals surface area contributed by atoms with Crippen molar-refractivity contribution in [3.63, 3.8) is 0 Å². The molecule has 0 atom stereocenters. The monoisotopic (exact) mass is 334 g/mol. The molecule has 2 aromatic rings. The van der Waals surface area contributed by atoms with Crippen LogP contribution in [-0.2, 0) is 21.2 Å². The number of nitrogens with one attached hydrogen (secondary N) is 1. The van der Waals surface area contributed by atoms with Gasteiger partial charge in [0.05, 0.1) is 12.0 Å². The average Bonchev–Trinajstić information content (AvgIpc) is 2.53. The Labute approximate surface area is 135 Å². The van der Waals surface area contributed by atoms with E-state index in [1.165, 1.54) is 18.2 Å². The van der Waals surface area contributed by atoms with Crippen LogP contribution >= 0.6 is 0 Å². The molecule has 0 fully saturated rings. The third-order valence-corrected chi connectivity index (χ3v) is 4.16. The molecule has 0 radical (unpaired) electrons. The molecule has 0 spiro atoms. The zero-order valence-electron chi connectivity index (χ0n) is 12.7. The van der Waals surface area contributed by atoms with Crippen LogP contribution in [0.1, 0.15) is 12.0 Å². The van der Waals surface area contributed by atoms with Gasteiger partial charge in [-0.05, 0) is 42.3 Å². The highest BCUT2D eigenvalue weighted by Crippen LogP contribution is 2.15. The van der Waals surface area contributed by atoms with Gasteiger partial charge in [0.25, 0.3) is 0 Å². The van der Waals surface area contributed by atoms with Crippen molar-refractivity contribution in [2.24, 2.45) is 5.14 Å². The minimum Gasteiger partial charge on any atom is -0.497 e. The van der Waals surface area contributed by atoms with Crippen LogP contribution in [0.2, 0.25) is 0 Å². The number of anilines is 1. The normalized spacial score (nSPS) is 11.0. The van der Waals surface area contributed by atoms with E-state index in [0.29, 0.717) is 12.1 Å². The number of sulfonamides is 1. The quantitative estimate of drug-likeness (QED) is 0.843. The van der Waals surface area contributed by atoms with E-state index in [1.54, 1.807) is 13.2 Å². The molecule has 0 saturated carbocycles. The lowest BCUT2D eigenvalue weighted by molar-refractivity contribution is -0.116. The lowest BCUT2D eigenvalue weighted by Gasteiger charge is -2.07. The van der Waals surface area contributed by atoms with Crippen molar-refractivity contribution in [1.82, 2.24) is 0 Å². The number of primary sulfonamides is 1. The van der Waals surface area contributed by atoms with Crippen LogP contribution in [0.5, 0.6) is 5.75 Å². The van der Waals surface area contributed by atoms with Gasteiger partial charge in [-0.1, -0.05) is 18.2 Å². The average molecular weight is 334 g/mol. The van der Waals surface area contributed by atoms with Gasteiger partial charge in [0.1, 0.15) is 5.75 Å². The fourth-order valence-electron chi connectivity index (χ4n) is 2.02. The Bertz CT molecular complexity index is 786. The summed E-state index contributed by atoms with van der Waals surface area (Å²) in [4.78, 5) is 11.9. The second-order valence-corrected chi connectivity index (χ2v) is 6.53. The van der Waals surface area contributed by atoms with Crippen molar-refractivity contribution in [2.45, 2.75) is 17.7 Å². The molecule has 0 bridgehead atoms. The Kier molecular flexibility index (Phi) is 5.36. The maximum Gasteiger partial charge on any atom is 0.238 e. The van der Waals surface area contributed by atoms with Gasteiger partial charge in [-0.2, -0.15) is 0 Å². The Balaban J connectivity index is 1.94. The molecule has 7 heteroatoms. The molecule has 122 valence electrons. The van der Waals surface area contributed by atoms with E-state index < -0.39 is 10.0 Å². The molecule has 2 rings (SSSR count). The van der Waals surface area contributed by atoms with Gasteiger partial charge in [-0.3, -0.25) is 4.79 Å². The number of carbonyl (C=O) groups excluding carboxylic acids is 1. The number of hydrogen-bond donors (Lipinski definition) is 2. The highest BCUT2D eigenvalue weighted by atomic mass is 32.2. The fourth-order valence-corrected chi connectivity index (χ4v) is 2.58. The summed E-state index contributed by atoms with van der Waals surface area (Å²) in [6.07, 6.45) is 0.858. The molecule has 23 heavy (non-hydrogen) atoms. The first-order chi connectivity index (χ1) is 10.9. The number of aryl methyl sites for hydroxylation is 1. The van der Waals surface area contributed by atoms with Crippen LogP contribution in [0.15, 0.2) is 53.4 Å². The van der Waals surface area contributed by atoms with Crippen molar-refractivity contribution in [3.8, 4) is 5.75 Å². The number of carbonyl (C=O) groups is 1. The molecular weight excluding hydrogens is 316 g/mol. The minimum atomic E-state index is -3.79. The van der Waals surface area contributed by atoms with Crippen molar-refractivity contribution in [2.75, 3.05) is 12.4 Å². The molecule has 0 heterocycles. The summed E-state index contributed by atoms with van der Waals surface area (Å²) >= 11 is 0. The second-order valence-electron chi connectivity index (χ2n) is 4.97. The summed E-state index contributed by atoms with van der Waals surface area (Å²) in [6.45, 7) is 0. The maximum absolute atomic E-state index is 12.0. The number of nitrogens with two attached hydrogens (primary N) is 1. The van der Waals surface area contributed by atoms with Crippen molar-refractivity contribution < 1.29 is 17.9 Å². The second kappa shape index (κ2) is 7.26. The first-order valence-electron chi connectivity index (χ1n) is 6.94. The van der Waals surface area contributed by atoms with Crippen LogP contribution in [0.4, 0.5) is 5.69 Å². The van der Waals surface area contributed by atoms with Gasteiger partial charge in [-0.15, -0.1) is 0 Å². The van der Waals surface area contributed by atoms with Gasteiger partial charge in [0.2, 0.25) is 15.9 Å². The SMILES string of the molecule is COc1ccc(CCC(=O)Nc2cccc(S(N)(=O)=O)c2)cc1. The van der Waals surface area contributed by atoms with E-state index in [0.717, 1.165) is 11.3 Å². The lowest BCUT2D eigenvalue weighted by atomic mass is 10.1. The van der Waals surface area contributed by atoms with Gasteiger partial charge >= 0.3 is 0 Å². The van der Waals surface area contributed by atoms with E-state index in [4.69, 9.17) is 9.88 Å². The predicted octanol–water partition coefficient (Wildman–Crippen LogP) is 1.91. The molecular formula is C16H18N2O4S. The first kappa shape index (κ1) is 17.0. The van der Waals surface area contributed by atoms with E-state index in [9.17, 15) is 13.2 Å². The number of methoxy groups -OCH3 is 1. The molecule has 0 aliphatic carbocycles. The number of amides is 1. The summed E-state index contributed by atoms with van der Waals surface area (Å²) in [5.74, 6) is 0.561. The molecule has 2 aromatic carbocycles. The standard InChI is InChI=1S/C16H18N2O4S/c1-22-14-8-5-12(6-9-14)7-10-16(19)18-13-3-2-4-15(11-13)23(17,20)21/h2-6,8-9,11H,7,10H2,1H3,(H,18,19)(H2,17,20,21). The summed E-state index contributed by atoms with van der Waals surface area (Å²) in [5, 5.41) is 7.73. The Morgan fingerprint density at radius 1 is 1.17 bits per heavy atom. The molecule has 1 amide bonds. The first-order valence-corrected chi connectivity index (χ1v) is 8.49. The fraction of sp³-hybridized carbons (Fsp3) is 0.188. The van der Waals surface area contributed by atoms with Crippen LogP contribution in [0.3, 0.4) is 0 Å². The highest BCUT2D eigenvalue weighted by molar-refractivity contribution is 7.89. The van der Waals surface area contributed by atoms with Gasteiger partial charge in [0, 0.05) is 12.1 Å². The summed E-state index contributed by atoms with van der Waals surface area (Å²) in [6, 6.07) is 13.3. The van der Waals surface area contributed by atoms with E-state index in [-0.39, 0.29) is 17.2 Å². The molecule has 0 aliphatic rings. The largest absolute Gasteiger partial charge is 0.497 e. The topological polar surface area (TPSA) is 98.5 Å². The van der Waals surface area contributed by atoms with E-state index in [2.05, 4.69) is 5.32 Å². The molecule has 0 saturated heterocycles. The van der Waals surface area contributed by atoms with E-state index >= 15 is 0 Å². The number of ether oxygens (including phenoxy) is 1. The third-order valence-electron chi connectivity index (χ3n) is 3.25. The minimum absolute atomic E-state index is 0.0366. The number of rotatable bonds is 6. The van der Waals surface area contributed by atoms with Gasteiger partial charge in [-0.25, -0.2) is 13.6 Å². The Morgan fingerprint density at radius 3 is 2.48 bits per heavy atom. The number of benzene rings is 2. The lowest BCUT2D eigenvalue weighted by Crippen LogP contribution is -2.15. The number of hydrogen-bond acceptors (Lipinski definition) is 4. The zero-order valence-corrected chi connectivity index (χ0v) is 13.5. The molecule has 0 aliphatic heterocycles. The molecule has 3 N–H and O–H groups in total. The van der Waals surface area contributed by atoms with Crippen LogP contribution in [0.25, 0.3) is 0 Å². The Morgan fingerprint density at radius 2 is 1.87 bits per heavy atom.